The molecular weight excluding hydrogens is 252 g/mol. The Kier molecular flexibility index (Phi) is 4.76. The molecule has 102 valence electrons. The zero-order chi connectivity index (χ0) is 13.8. The van der Waals surface area contributed by atoms with E-state index < -0.39 is 0 Å². The molecule has 0 bridgehead atoms. The quantitative estimate of drug-likeness (QED) is 0.724. The highest BCUT2D eigenvalue weighted by atomic mass is 32.2. The van der Waals surface area contributed by atoms with Crippen LogP contribution in [0.5, 0.6) is 0 Å². The zero-order valence-electron chi connectivity index (χ0n) is 12.0. The Morgan fingerprint density at radius 3 is 2.68 bits per heavy atom. The monoisotopic (exact) mass is 274 g/mol. The molecule has 1 saturated carbocycles. The van der Waals surface area contributed by atoms with E-state index in [0.29, 0.717) is 12.0 Å². The summed E-state index contributed by atoms with van der Waals surface area (Å²) in [6.07, 6.45) is 5.76. The molecule has 0 unspecified atom stereocenters. The molecule has 0 amide bonds. The predicted octanol–water partition coefficient (Wildman–Crippen LogP) is 4.30. The summed E-state index contributed by atoms with van der Waals surface area (Å²) >= 11 is 1.66. The summed E-state index contributed by atoms with van der Waals surface area (Å²) in [4.78, 5) is 3.55. The van der Waals surface area contributed by atoms with Gasteiger partial charge in [-0.2, -0.15) is 5.26 Å². The molecule has 0 N–H and O–H groups in total. The van der Waals surface area contributed by atoms with E-state index >= 15 is 0 Å². The maximum atomic E-state index is 9.47. The van der Waals surface area contributed by atoms with Gasteiger partial charge in [-0.1, -0.05) is 19.9 Å². The Hall–Kier alpha value is -1.14. The Morgan fingerprint density at radius 2 is 2.16 bits per heavy atom. The third-order valence-corrected chi connectivity index (χ3v) is 4.36. The van der Waals surface area contributed by atoms with Gasteiger partial charge in [-0.25, -0.2) is 0 Å². The predicted molar refractivity (Wildman–Crippen MR) is 82.8 cm³/mol. The van der Waals surface area contributed by atoms with E-state index in [1.165, 1.54) is 19.3 Å². The molecule has 1 aromatic rings. The van der Waals surface area contributed by atoms with Crippen LogP contribution in [0.4, 0.5) is 5.69 Å². The molecule has 1 aliphatic rings. The highest BCUT2D eigenvalue weighted by Crippen LogP contribution is 2.36. The van der Waals surface area contributed by atoms with Crippen molar-refractivity contribution >= 4 is 17.4 Å². The lowest BCUT2D eigenvalue weighted by Gasteiger charge is -2.27. The van der Waals surface area contributed by atoms with Crippen LogP contribution < -0.4 is 4.90 Å². The summed E-state index contributed by atoms with van der Waals surface area (Å²) in [6.45, 7) is 5.58. The van der Waals surface area contributed by atoms with Gasteiger partial charge in [-0.05, 0) is 43.6 Å². The minimum absolute atomic E-state index is 0.656. The second-order valence-electron chi connectivity index (χ2n) is 5.57. The average molecular weight is 274 g/mol. The SMILES string of the molecule is CSc1cccc(N(CCC(C)C)C2CC2)c1C#N. The normalized spacial score (nSPS) is 14.5. The van der Waals surface area contributed by atoms with E-state index in [2.05, 4.69) is 36.9 Å². The Labute approximate surface area is 120 Å². The van der Waals surface area contributed by atoms with Crippen LogP contribution in [-0.4, -0.2) is 18.8 Å². The smallest absolute Gasteiger partial charge is 0.103 e. The molecule has 0 atom stereocenters. The summed E-state index contributed by atoms with van der Waals surface area (Å²) in [5, 5.41) is 9.47. The van der Waals surface area contributed by atoms with Crippen molar-refractivity contribution < 1.29 is 0 Å². The Bertz CT molecular complexity index is 472. The topological polar surface area (TPSA) is 27.0 Å². The standard InChI is InChI=1S/C16H22N2S/c1-12(2)9-10-18(13-7-8-13)15-5-4-6-16(19-3)14(15)11-17/h4-6,12-13H,7-10H2,1-3H3. The van der Waals surface area contributed by atoms with Crippen molar-refractivity contribution in [3.8, 4) is 6.07 Å². The highest BCUT2D eigenvalue weighted by molar-refractivity contribution is 7.98. The number of hydrogen-bond donors (Lipinski definition) is 0. The van der Waals surface area contributed by atoms with E-state index in [9.17, 15) is 5.26 Å². The molecule has 2 rings (SSSR count). The number of hydrogen-bond acceptors (Lipinski definition) is 3. The average Bonchev–Trinajstić information content (AvgIpc) is 3.22. The highest BCUT2D eigenvalue weighted by Gasteiger charge is 2.30. The number of nitrogens with zero attached hydrogens (tertiary/aromatic N) is 2. The molecule has 3 heteroatoms. The minimum Gasteiger partial charge on any atom is -0.367 e. The molecule has 1 aliphatic carbocycles. The number of anilines is 1. The molecule has 1 fully saturated rings. The van der Waals surface area contributed by atoms with Crippen molar-refractivity contribution in [3.63, 3.8) is 0 Å². The maximum Gasteiger partial charge on any atom is 0.103 e. The molecule has 1 aromatic carbocycles. The van der Waals surface area contributed by atoms with Crippen LogP contribution >= 0.6 is 11.8 Å². The molecule has 0 aliphatic heterocycles. The third-order valence-electron chi connectivity index (χ3n) is 3.58. The summed E-state index contributed by atoms with van der Waals surface area (Å²) < 4.78 is 0. The Morgan fingerprint density at radius 1 is 1.42 bits per heavy atom. The van der Waals surface area contributed by atoms with Crippen molar-refractivity contribution in [2.75, 3.05) is 17.7 Å². The van der Waals surface area contributed by atoms with Crippen molar-refractivity contribution in [3.05, 3.63) is 23.8 Å². The molecule has 0 spiro atoms. The van der Waals surface area contributed by atoms with E-state index in [0.717, 1.165) is 22.7 Å². The number of nitriles is 1. The van der Waals surface area contributed by atoms with E-state index in [1.807, 2.05) is 12.3 Å². The van der Waals surface area contributed by atoms with Crippen LogP contribution in [0.25, 0.3) is 0 Å². The maximum absolute atomic E-state index is 9.47. The summed E-state index contributed by atoms with van der Waals surface area (Å²) in [6, 6.07) is 9.29. The lowest BCUT2D eigenvalue weighted by Crippen LogP contribution is -2.28. The minimum atomic E-state index is 0.656. The third kappa shape index (κ3) is 3.45. The molecule has 0 radical (unpaired) electrons. The van der Waals surface area contributed by atoms with Crippen molar-refractivity contribution in [2.45, 2.75) is 44.0 Å². The van der Waals surface area contributed by atoms with Gasteiger partial charge in [0.25, 0.3) is 0 Å². The van der Waals surface area contributed by atoms with E-state index in [4.69, 9.17) is 0 Å². The van der Waals surface area contributed by atoms with Crippen molar-refractivity contribution in [1.29, 1.82) is 5.26 Å². The number of rotatable bonds is 6. The van der Waals surface area contributed by atoms with Gasteiger partial charge in [-0.15, -0.1) is 11.8 Å². The molecule has 0 heterocycles. The van der Waals surface area contributed by atoms with Gasteiger partial charge in [0.05, 0.1) is 11.3 Å². The van der Waals surface area contributed by atoms with E-state index in [1.54, 1.807) is 11.8 Å². The lowest BCUT2D eigenvalue weighted by molar-refractivity contribution is 0.570. The molecule has 0 aromatic heterocycles. The second kappa shape index (κ2) is 6.34. The zero-order valence-corrected chi connectivity index (χ0v) is 12.8. The first-order valence-electron chi connectivity index (χ1n) is 7.01. The van der Waals surface area contributed by atoms with Crippen molar-refractivity contribution in [1.82, 2.24) is 0 Å². The van der Waals surface area contributed by atoms with Gasteiger partial charge >= 0.3 is 0 Å². The first-order chi connectivity index (χ1) is 9.17. The van der Waals surface area contributed by atoms with Crippen molar-refractivity contribution in [2.24, 2.45) is 5.92 Å². The van der Waals surface area contributed by atoms with Crippen LogP contribution in [0, 0.1) is 17.2 Å². The van der Waals surface area contributed by atoms with Crippen LogP contribution in [0.15, 0.2) is 23.1 Å². The van der Waals surface area contributed by atoms with E-state index in [-0.39, 0.29) is 0 Å². The fourth-order valence-electron chi connectivity index (χ4n) is 2.32. The number of benzene rings is 1. The summed E-state index contributed by atoms with van der Waals surface area (Å²) in [5.74, 6) is 0.704. The first kappa shape index (κ1) is 14.3. The fourth-order valence-corrected chi connectivity index (χ4v) is 2.89. The molecule has 0 saturated heterocycles. The van der Waals surface area contributed by atoms with Gasteiger partial charge in [0.2, 0.25) is 0 Å². The molecular formula is C16H22N2S. The largest absolute Gasteiger partial charge is 0.367 e. The van der Waals surface area contributed by atoms with Crippen LogP contribution in [0.2, 0.25) is 0 Å². The van der Waals surface area contributed by atoms with Gasteiger partial charge < -0.3 is 4.90 Å². The lowest BCUT2D eigenvalue weighted by atomic mass is 10.1. The van der Waals surface area contributed by atoms with Gasteiger partial charge in [0.15, 0.2) is 0 Å². The molecule has 19 heavy (non-hydrogen) atoms. The fraction of sp³-hybridized carbons (Fsp3) is 0.562. The molecule has 2 nitrogen and oxygen atoms in total. The Balaban J connectivity index is 2.28. The number of thioether (sulfide) groups is 1. The first-order valence-corrected chi connectivity index (χ1v) is 8.23. The van der Waals surface area contributed by atoms with Crippen LogP contribution in [-0.2, 0) is 0 Å². The second-order valence-corrected chi connectivity index (χ2v) is 6.42. The summed E-state index contributed by atoms with van der Waals surface area (Å²) in [7, 11) is 0. The van der Waals surface area contributed by atoms with Crippen LogP contribution in [0.3, 0.4) is 0 Å². The van der Waals surface area contributed by atoms with Gasteiger partial charge in [-0.3, -0.25) is 0 Å². The van der Waals surface area contributed by atoms with Crippen LogP contribution in [0.1, 0.15) is 38.7 Å². The summed E-state index contributed by atoms with van der Waals surface area (Å²) in [5.41, 5.74) is 1.99. The van der Waals surface area contributed by atoms with Gasteiger partial charge in [0.1, 0.15) is 6.07 Å². The van der Waals surface area contributed by atoms with Gasteiger partial charge in [0, 0.05) is 17.5 Å².